The van der Waals surface area contributed by atoms with Gasteiger partial charge in [0.1, 0.15) is 5.60 Å². The molecule has 0 saturated carbocycles. The Bertz CT molecular complexity index is 1120. The van der Waals surface area contributed by atoms with E-state index >= 15 is 0 Å². The number of aromatic nitrogens is 2. The van der Waals surface area contributed by atoms with Gasteiger partial charge in [0.05, 0.1) is 29.2 Å². The molecule has 0 bridgehead atoms. The summed E-state index contributed by atoms with van der Waals surface area (Å²) >= 11 is 0. The minimum atomic E-state index is -0.502. The molecule has 0 spiro atoms. The van der Waals surface area contributed by atoms with Crippen molar-refractivity contribution in [1.29, 1.82) is 5.26 Å². The summed E-state index contributed by atoms with van der Waals surface area (Å²) in [6.45, 7) is 7.50. The van der Waals surface area contributed by atoms with Gasteiger partial charge in [-0.05, 0) is 57.0 Å². The van der Waals surface area contributed by atoms with Crippen LogP contribution in [-0.4, -0.2) is 45.3 Å². The zero-order valence-corrected chi connectivity index (χ0v) is 18.1. The molecule has 7 heteroatoms. The number of benzene rings is 2. The van der Waals surface area contributed by atoms with Gasteiger partial charge in [-0.1, -0.05) is 24.3 Å². The highest BCUT2D eigenvalue weighted by atomic mass is 16.6. The fourth-order valence-corrected chi connectivity index (χ4v) is 3.77. The van der Waals surface area contributed by atoms with Gasteiger partial charge in [0.15, 0.2) is 0 Å². The smallest absolute Gasteiger partial charge is 0.410 e. The zero-order valence-electron chi connectivity index (χ0n) is 18.1. The molecule has 2 aromatic carbocycles. The molecular weight excluding hydrogens is 390 g/mol. The first-order chi connectivity index (χ1) is 14.8. The number of likely N-dealkylation sites (tertiary alicyclic amines) is 1. The standard InChI is InChI=1S/C24H27N5O2/c1-24(2,3)31-23(30)28-13-12-19(16-28)26-22-27-20-6-4-5-7-21(20)29(22)15-18-10-8-17(14-25)9-11-18/h4-11,19H,12-13,15-16H2,1-3H3,(H,26,27)/t19-/m0/s1. The normalized spacial score (nSPS) is 16.3. The van der Waals surface area contributed by atoms with Gasteiger partial charge in [0, 0.05) is 19.1 Å². The summed E-state index contributed by atoms with van der Waals surface area (Å²) in [5, 5.41) is 12.6. The number of nitrogens with zero attached hydrogens (tertiary/aromatic N) is 4. The van der Waals surface area contributed by atoms with E-state index in [4.69, 9.17) is 15.0 Å². The number of hydrogen-bond acceptors (Lipinski definition) is 5. The predicted molar refractivity (Wildman–Crippen MR) is 120 cm³/mol. The Morgan fingerprint density at radius 3 is 2.68 bits per heavy atom. The Labute approximate surface area is 182 Å². The van der Waals surface area contributed by atoms with Gasteiger partial charge in [-0.2, -0.15) is 5.26 Å². The molecule has 1 aromatic heterocycles. The number of carbonyl (C=O) groups is 1. The minimum absolute atomic E-state index is 0.101. The number of anilines is 1. The van der Waals surface area contributed by atoms with Crippen LogP contribution in [0, 0.1) is 11.3 Å². The lowest BCUT2D eigenvalue weighted by atomic mass is 10.1. The number of imidazole rings is 1. The van der Waals surface area contributed by atoms with Gasteiger partial charge in [-0.3, -0.25) is 0 Å². The molecule has 31 heavy (non-hydrogen) atoms. The summed E-state index contributed by atoms with van der Waals surface area (Å²) in [5.41, 5.74) is 3.19. The average molecular weight is 418 g/mol. The van der Waals surface area contributed by atoms with Gasteiger partial charge < -0.3 is 19.5 Å². The fraction of sp³-hybridized carbons (Fsp3) is 0.375. The van der Waals surface area contributed by atoms with E-state index in [9.17, 15) is 4.79 Å². The van der Waals surface area contributed by atoms with Crippen LogP contribution in [-0.2, 0) is 11.3 Å². The predicted octanol–water partition coefficient (Wildman–Crippen LogP) is 4.38. The topological polar surface area (TPSA) is 83.2 Å². The highest BCUT2D eigenvalue weighted by Gasteiger charge is 2.30. The van der Waals surface area contributed by atoms with Crippen LogP contribution in [0.2, 0.25) is 0 Å². The van der Waals surface area contributed by atoms with Crippen LogP contribution >= 0.6 is 0 Å². The quantitative estimate of drug-likeness (QED) is 0.681. The molecule has 1 atom stereocenters. The number of carbonyl (C=O) groups excluding carboxylic acids is 1. The number of ether oxygens (including phenoxy) is 1. The second-order valence-corrected chi connectivity index (χ2v) is 8.88. The molecule has 1 fully saturated rings. The van der Waals surface area contributed by atoms with Crippen LogP contribution in [0.25, 0.3) is 11.0 Å². The molecule has 4 rings (SSSR count). The number of nitriles is 1. The van der Waals surface area contributed by atoms with Crippen molar-refractivity contribution < 1.29 is 9.53 Å². The van der Waals surface area contributed by atoms with Crippen molar-refractivity contribution in [2.45, 2.75) is 45.4 Å². The van der Waals surface area contributed by atoms with E-state index in [0.717, 1.165) is 29.0 Å². The summed E-state index contributed by atoms with van der Waals surface area (Å²) in [6.07, 6.45) is 0.558. The second-order valence-electron chi connectivity index (χ2n) is 8.88. The third-order valence-corrected chi connectivity index (χ3v) is 5.25. The molecule has 1 saturated heterocycles. The molecular formula is C24H27N5O2. The zero-order chi connectivity index (χ0) is 22.0. The van der Waals surface area contributed by atoms with Crippen molar-refractivity contribution >= 4 is 23.1 Å². The number of hydrogen-bond donors (Lipinski definition) is 1. The molecule has 3 aromatic rings. The third-order valence-electron chi connectivity index (χ3n) is 5.25. The number of fused-ring (bicyclic) bond motifs is 1. The Kier molecular flexibility index (Phi) is 5.55. The van der Waals surface area contributed by atoms with E-state index in [1.54, 1.807) is 4.90 Å². The van der Waals surface area contributed by atoms with E-state index in [0.29, 0.717) is 25.2 Å². The Morgan fingerprint density at radius 2 is 1.97 bits per heavy atom. The lowest BCUT2D eigenvalue weighted by Gasteiger charge is -2.24. The largest absolute Gasteiger partial charge is 0.444 e. The monoisotopic (exact) mass is 417 g/mol. The van der Waals surface area contributed by atoms with E-state index < -0.39 is 5.60 Å². The lowest BCUT2D eigenvalue weighted by Crippen LogP contribution is -2.36. The van der Waals surface area contributed by atoms with Gasteiger partial charge in [-0.25, -0.2) is 9.78 Å². The van der Waals surface area contributed by atoms with Crippen molar-refractivity contribution in [3.63, 3.8) is 0 Å². The van der Waals surface area contributed by atoms with Gasteiger partial charge in [0.25, 0.3) is 0 Å². The van der Waals surface area contributed by atoms with Crippen molar-refractivity contribution in [3.8, 4) is 6.07 Å². The van der Waals surface area contributed by atoms with Crippen molar-refractivity contribution in [1.82, 2.24) is 14.5 Å². The van der Waals surface area contributed by atoms with Gasteiger partial charge >= 0.3 is 6.09 Å². The summed E-state index contributed by atoms with van der Waals surface area (Å²) in [7, 11) is 0. The van der Waals surface area contributed by atoms with Gasteiger partial charge in [0.2, 0.25) is 5.95 Å². The SMILES string of the molecule is CC(C)(C)OC(=O)N1CC[C@H](Nc2nc3ccccc3n2Cc2ccc(C#N)cc2)C1. The maximum atomic E-state index is 12.4. The van der Waals surface area contributed by atoms with E-state index in [-0.39, 0.29) is 12.1 Å². The van der Waals surface area contributed by atoms with Gasteiger partial charge in [-0.15, -0.1) is 0 Å². The maximum Gasteiger partial charge on any atom is 0.410 e. The number of rotatable bonds is 4. The molecule has 1 aliphatic rings. The third kappa shape index (κ3) is 4.80. The van der Waals surface area contributed by atoms with Crippen LogP contribution in [0.3, 0.4) is 0 Å². The molecule has 1 N–H and O–H groups in total. The molecule has 7 nitrogen and oxygen atoms in total. The fourth-order valence-electron chi connectivity index (χ4n) is 3.77. The van der Waals surface area contributed by atoms with Crippen molar-refractivity contribution in [2.24, 2.45) is 0 Å². The summed E-state index contributed by atoms with van der Waals surface area (Å²) in [6, 6.07) is 17.9. The molecule has 0 unspecified atom stereocenters. The molecule has 160 valence electrons. The summed E-state index contributed by atoms with van der Waals surface area (Å²) in [5.74, 6) is 0.779. The first-order valence-corrected chi connectivity index (χ1v) is 10.5. The highest BCUT2D eigenvalue weighted by Crippen LogP contribution is 2.24. The van der Waals surface area contributed by atoms with Crippen LogP contribution in [0.5, 0.6) is 0 Å². The molecule has 1 amide bonds. The van der Waals surface area contributed by atoms with E-state index in [1.807, 2.05) is 63.2 Å². The van der Waals surface area contributed by atoms with Crippen LogP contribution in [0.1, 0.15) is 38.3 Å². The Balaban J connectivity index is 1.53. The molecule has 0 radical (unpaired) electrons. The number of amides is 1. The molecule has 1 aliphatic heterocycles. The Hall–Kier alpha value is -3.53. The van der Waals surface area contributed by atoms with Crippen molar-refractivity contribution in [3.05, 3.63) is 59.7 Å². The number of nitrogens with one attached hydrogen (secondary N) is 1. The number of para-hydroxylation sites is 2. The summed E-state index contributed by atoms with van der Waals surface area (Å²) in [4.78, 5) is 18.9. The highest BCUT2D eigenvalue weighted by molar-refractivity contribution is 5.79. The van der Waals surface area contributed by atoms with Crippen molar-refractivity contribution in [2.75, 3.05) is 18.4 Å². The lowest BCUT2D eigenvalue weighted by molar-refractivity contribution is 0.0293. The second kappa shape index (κ2) is 8.31. The molecule has 2 heterocycles. The minimum Gasteiger partial charge on any atom is -0.444 e. The maximum absolute atomic E-state index is 12.4. The summed E-state index contributed by atoms with van der Waals surface area (Å²) < 4.78 is 7.65. The van der Waals surface area contributed by atoms with Crippen LogP contribution in [0.4, 0.5) is 10.7 Å². The molecule has 0 aliphatic carbocycles. The van der Waals surface area contributed by atoms with E-state index in [2.05, 4.69) is 22.0 Å². The first kappa shape index (κ1) is 20.7. The van der Waals surface area contributed by atoms with E-state index in [1.165, 1.54) is 0 Å². The van der Waals surface area contributed by atoms with Crippen LogP contribution in [0.15, 0.2) is 48.5 Å². The first-order valence-electron chi connectivity index (χ1n) is 10.5. The Morgan fingerprint density at radius 1 is 1.23 bits per heavy atom. The van der Waals surface area contributed by atoms with Crippen LogP contribution < -0.4 is 5.32 Å². The average Bonchev–Trinajstić information content (AvgIpc) is 3.33.